The first-order chi connectivity index (χ1) is 11.7. The van der Waals surface area contributed by atoms with Gasteiger partial charge >= 0.3 is 0 Å². The van der Waals surface area contributed by atoms with Crippen LogP contribution in [0.1, 0.15) is 47.6 Å². The molecule has 1 aromatic rings. The molecular weight excluding hydrogens is 370 g/mol. The second kappa shape index (κ2) is 7.14. The average Bonchev–Trinajstić information content (AvgIpc) is 3.27. The molecular formula is C17H24BrN5O. The van der Waals surface area contributed by atoms with Gasteiger partial charge in [-0.2, -0.15) is 5.26 Å². The van der Waals surface area contributed by atoms with Crippen LogP contribution in [0.25, 0.3) is 0 Å². The van der Waals surface area contributed by atoms with Crippen LogP contribution in [0.3, 0.4) is 0 Å². The topological polar surface area (TPSA) is 85.0 Å². The third kappa shape index (κ3) is 3.26. The monoisotopic (exact) mass is 393 g/mol. The van der Waals surface area contributed by atoms with Gasteiger partial charge in [-0.25, -0.2) is 0 Å². The number of rotatable bonds is 3. The molecule has 1 saturated carbocycles. The van der Waals surface area contributed by atoms with Gasteiger partial charge in [0.15, 0.2) is 0 Å². The summed E-state index contributed by atoms with van der Waals surface area (Å²) < 4.78 is 5.54. The Bertz CT molecular complexity index is 613. The molecule has 0 amide bonds. The molecule has 3 heterocycles. The normalized spacial score (nSPS) is 34.0. The maximum absolute atomic E-state index is 9.01. The molecule has 2 fully saturated rings. The summed E-state index contributed by atoms with van der Waals surface area (Å²) in [5, 5.41) is 23.4. The van der Waals surface area contributed by atoms with Crippen molar-refractivity contribution in [2.75, 3.05) is 13.1 Å². The van der Waals surface area contributed by atoms with Crippen LogP contribution in [-0.4, -0.2) is 31.5 Å². The Labute approximate surface area is 150 Å². The lowest BCUT2D eigenvalue weighted by atomic mass is 9.84. The Balaban J connectivity index is 1.32. The first-order valence-corrected chi connectivity index (χ1v) is 9.79. The molecule has 24 heavy (non-hydrogen) atoms. The number of nitrogens with one attached hydrogen (secondary N) is 4. The number of nitriles is 1. The SMILES string of the molecule is N#Cc1cc2c(o1)CNC(NC1CCC(C3NCCN3)CC1)C2Br. The van der Waals surface area contributed by atoms with E-state index in [0.29, 0.717) is 24.5 Å². The van der Waals surface area contributed by atoms with Crippen molar-refractivity contribution < 1.29 is 4.42 Å². The fraction of sp³-hybridized carbons (Fsp3) is 0.706. The summed E-state index contributed by atoms with van der Waals surface area (Å²) in [5.41, 5.74) is 1.09. The number of hydrogen-bond donors (Lipinski definition) is 4. The summed E-state index contributed by atoms with van der Waals surface area (Å²) in [7, 11) is 0. The van der Waals surface area contributed by atoms with E-state index in [1.165, 1.54) is 25.7 Å². The van der Waals surface area contributed by atoms with Gasteiger partial charge in [-0.15, -0.1) is 0 Å². The van der Waals surface area contributed by atoms with Crippen LogP contribution in [0, 0.1) is 17.2 Å². The largest absolute Gasteiger partial charge is 0.449 e. The molecule has 0 aromatic carbocycles. The molecule has 7 heteroatoms. The lowest BCUT2D eigenvalue weighted by molar-refractivity contribution is 0.213. The summed E-state index contributed by atoms with van der Waals surface area (Å²) in [6.45, 7) is 2.86. The fourth-order valence-corrected chi connectivity index (χ4v) is 4.96. The zero-order valence-electron chi connectivity index (χ0n) is 13.6. The molecule has 1 aromatic heterocycles. The number of hydrogen-bond acceptors (Lipinski definition) is 6. The fourth-order valence-electron chi connectivity index (χ4n) is 4.23. The third-order valence-corrected chi connectivity index (χ3v) is 6.56. The lowest BCUT2D eigenvalue weighted by Gasteiger charge is -2.37. The predicted octanol–water partition coefficient (Wildman–Crippen LogP) is 1.68. The Kier molecular flexibility index (Phi) is 4.93. The van der Waals surface area contributed by atoms with Gasteiger partial charge < -0.3 is 15.1 Å². The highest BCUT2D eigenvalue weighted by Gasteiger charge is 2.34. The average molecular weight is 394 g/mol. The number of halogens is 1. The van der Waals surface area contributed by atoms with Crippen molar-refractivity contribution >= 4 is 15.9 Å². The van der Waals surface area contributed by atoms with Crippen LogP contribution in [0.15, 0.2) is 10.5 Å². The molecule has 0 spiro atoms. The Morgan fingerprint density at radius 1 is 1.17 bits per heavy atom. The molecule has 3 aliphatic rings. The van der Waals surface area contributed by atoms with Crippen molar-refractivity contribution in [3.05, 3.63) is 23.2 Å². The lowest BCUT2D eigenvalue weighted by Crippen LogP contribution is -2.53. The highest BCUT2D eigenvalue weighted by atomic mass is 79.9. The zero-order chi connectivity index (χ0) is 16.5. The van der Waals surface area contributed by atoms with Gasteiger partial charge in [0.25, 0.3) is 0 Å². The summed E-state index contributed by atoms with van der Waals surface area (Å²) in [4.78, 5) is 0.128. The molecule has 0 radical (unpaired) electrons. The van der Waals surface area contributed by atoms with Crippen LogP contribution >= 0.6 is 15.9 Å². The van der Waals surface area contributed by atoms with E-state index >= 15 is 0 Å². The van der Waals surface area contributed by atoms with E-state index in [4.69, 9.17) is 9.68 Å². The molecule has 6 nitrogen and oxygen atoms in total. The molecule has 2 atom stereocenters. The molecule has 4 rings (SSSR count). The van der Waals surface area contributed by atoms with Gasteiger partial charge in [-0.3, -0.25) is 10.6 Å². The molecule has 130 valence electrons. The highest BCUT2D eigenvalue weighted by Crippen LogP contribution is 2.35. The summed E-state index contributed by atoms with van der Waals surface area (Å²) in [5.74, 6) is 2.01. The first kappa shape index (κ1) is 16.6. The number of furan rings is 1. The van der Waals surface area contributed by atoms with Crippen molar-refractivity contribution in [3.63, 3.8) is 0 Å². The van der Waals surface area contributed by atoms with Gasteiger partial charge in [0.2, 0.25) is 5.76 Å². The molecule has 4 N–H and O–H groups in total. The summed E-state index contributed by atoms with van der Waals surface area (Å²) >= 11 is 3.77. The van der Waals surface area contributed by atoms with E-state index in [1.807, 2.05) is 6.07 Å². The van der Waals surface area contributed by atoms with E-state index in [0.717, 1.165) is 30.3 Å². The third-order valence-electron chi connectivity index (χ3n) is 5.54. The molecule has 0 bridgehead atoms. The van der Waals surface area contributed by atoms with Crippen LogP contribution in [0.2, 0.25) is 0 Å². The molecule has 2 aliphatic heterocycles. The standard InChI is InChI=1S/C17H24BrN5O/c18-15-13-7-12(8-19)24-14(13)9-22-17(15)23-11-3-1-10(2-4-11)16-20-5-6-21-16/h7,10-11,15-17,20-23H,1-6,9H2. The number of nitrogens with zero attached hydrogens (tertiary/aromatic N) is 1. The highest BCUT2D eigenvalue weighted by molar-refractivity contribution is 9.09. The maximum atomic E-state index is 9.01. The smallest absolute Gasteiger partial charge is 0.204 e. The van der Waals surface area contributed by atoms with E-state index in [2.05, 4.69) is 43.3 Å². The number of fused-ring (bicyclic) bond motifs is 1. The Morgan fingerprint density at radius 2 is 1.92 bits per heavy atom. The Hall–Kier alpha value is -0.910. The van der Waals surface area contributed by atoms with Crippen molar-refractivity contribution in [2.45, 2.75) is 55.4 Å². The summed E-state index contributed by atoms with van der Waals surface area (Å²) in [6.07, 6.45) is 5.63. The summed E-state index contributed by atoms with van der Waals surface area (Å²) in [6, 6.07) is 4.49. The Morgan fingerprint density at radius 3 is 2.62 bits per heavy atom. The minimum absolute atomic E-state index is 0.128. The van der Waals surface area contributed by atoms with Crippen molar-refractivity contribution in [2.24, 2.45) is 5.92 Å². The first-order valence-electron chi connectivity index (χ1n) is 8.87. The van der Waals surface area contributed by atoms with Gasteiger partial charge in [0.05, 0.1) is 23.7 Å². The molecule has 1 aliphatic carbocycles. The molecule has 1 saturated heterocycles. The minimum atomic E-state index is 0.128. The van der Waals surface area contributed by atoms with E-state index in [-0.39, 0.29) is 11.0 Å². The molecule has 2 unspecified atom stereocenters. The van der Waals surface area contributed by atoms with E-state index in [1.54, 1.807) is 0 Å². The van der Waals surface area contributed by atoms with Crippen LogP contribution in [0.5, 0.6) is 0 Å². The van der Waals surface area contributed by atoms with Crippen LogP contribution in [0.4, 0.5) is 0 Å². The van der Waals surface area contributed by atoms with Crippen LogP contribution in [-0.2, 0) is 6.54 Å². The van der Waals surface area contributed by atoms with Crippen molar-refractivity contribution in [1.29, 1.82) is 5.26 Å². The van der Waals surface area contributed by atoms with E-state index in [9.17, 15) is 0 Å². The van der Waals surface area contributed by atoms with Gasteiger partial charge in [-0.05, 0) is 37.7 Å². The van der Waals surface area contributed by atoms with Gasteiger partial charge in [0, 0.05) is 24.7 Å². The number of alkyl halides is 1. The van der Waals surface area contributed by atoms with Gasteiger partial charge in [-0.1, -0.05) is 15.9 Å². The van der Waals surface area contributed by atoms with Crippen molar-refractivity contribution in [1.82, 2.24) is 21.3 Å². The minimum Gasteiger partial charge on any atom is -0.449 e. The maximum Gasteiger partial charge on any atom is 0.204 e. The van der Waals surface area contributed by atoms with Crippen molar-refractivity contribution in [3.8, 4) is 6.07 Å². The van der Waals surface area contributed by atoms with E-state index < -0.39 is 0 Å². The predicted molar refractivity (Wildman–Crippen MR) is 94.4 cm³/mol. The quantitative estimate of drug-likeness (QED) is 0.584. The second-order valence-electron chi connectivity index (χ2n) is 7.03. The zero-order valence-corrected chi connectivity index (χ0v) is 15.2. The van der Waals surface area contributed by atoms with Crippen LogP contribution < -0.4 is 21.3 Å². The second-order valence-corrected chi connectivity index (χ2v) is 8.01. The van der Waals surface area contributed by atoms with Gasteiger partial charge in [0.1, 0.15) is 11.8 Å².